The SMILES string of the molecule is CC1=C(N)CC=CC1=O. The van der Waals surface area contributed by atoms with Crippen molar-refractivity contribution in [1.29, 1.82) is 0 Å². The molecule has 9 heavy (non-hydrogen) atoms. The predicted octanol–water partition coefficient (Wildman–Crippen LogP) is 0.748. The van der Waals surface area contributed by atoms with Crippen molar-refractivity contribution in [3.63, 3.8) is 0 Å². The van der Waals surface area contributed by atoms with Gasteiger partial charge in [0.15, 0.2) is 5.78 Å². The van der Waals surface area contributed by atoms with E-state index in [-0.39, 0.29) is 5.78 Å². The molecule has 2 N–H and O–H groups in total. The van der Waals surface area contributed by atoms with Gasteiger partial charge in [-0.15, -0.1) is 0 Å². The van der Waals surface area contributed by atoms with Crippen molar-refractivity contribution in [2.45, 2.75) is 13.3 Å². The average molecular weight is 123 g/mol. The second-order valence-electron chi connectivity index (χ2n) is 2.12. The van der Waals surface area contributed by atoms with Gasteiger partial charge in [0, 0.05) is 17.7 Å². The zero-order valence-corrected chi connectivity index (χ0v) is 5.35. The van der Waals surface area contributed by atoms with Crippen LogP contribution in [0.15, 0.2) is 23.4 Å². The molecule has 0 saturated heterocycles. The molecule has 0 fully saturated rings. The number of carbonyl (C=O) groups excluding carboxylic acids is 1. The number of hydrogen-bond donors (Lipinski definition) is 1. The second-order valence-corrected chi connectivity index (χ2v) is 2.12. The van der Waals surface area contributed by atoms with Gasteiger partial charge >= 0.3 is 0 Å². The van der Waals surface area contributed by atoms with Gasteiger partial charge in [0.2, 0.25) is 0 Å². The lowest BCUT2D eigenvalue weighted by Gasteiger charge is -2.05. The summed E-state index contributed by atoms with van der Waals surface area (Å²) in [5, 5.41) is 0. The highest BCUT2D eigenvalue weighted by Gasteiger charge is 2.07. The first kappa shape index (κ1) is 6.08. The highest BCUT2D eigenvalue weighted by Crippen LogP contribution is 2.10. The maximum Gasteiger partial charge on any atom is 0.182 e. The highest BCUT2D eigenvalue weighted by molar-refractivity contribution is 6.04. The summed E-state index contributed by atoms with van der Waals surface area (Å²) in [5.41, 5.74) is 6.87. The van der Waals surface area contributed by atoms with Gasteiger partial charge in [-0.2, -0.15) is 0 Å². The Hall–Kier alpha value is -1.05. The molecule has 0 spiro atoms. The second kappa shape index (κ2) is 2.05. The van der Waals surface area contributed by atoms with Crippen LogP contribution < -0.4 is 5.73 Å². The highest BCUT2D eigenvalue weighted by atomic mass is 16.1. The van der Waals surface area contributed by atoms with Crippen molar-refractivity contribution < 1.29 is 4.79 Å². The monoisotopic (exact) mass is 123 g/mol. The third kappa shape index (κ3) is 1.02. The summed E-state index contributed by atoms with van der Waals surface area (Å²) in [5.74, 6) is 0.0405. The summed E-state index contributed by atoms with van der Waals surface area (Å²) in [6, 6.07) is 0. The van der Waals surface area contributed by atoms with E-state index >= 15 is 0 Å². The molecule has 0 amide bonds. The Labute approximate surface area is 54.0 Å². The lowest BCUT2D eigenvalue weighted by atomic mass is 10.0. The summed E-state index contributed by atoms with van der Waals surface area (Å²) in [6.45, 7) is 1.75. The topological polar surface area (TPSA) is 43.1 Å². The summed E-state index contributed by atoms with van der Waals surface area (Å²) < 4.78 is 0. The molecule has 0 heterocycles. The maximum absolute atomic E-state index is 10.8. The van der Waals surface area contributed by atoms with E-state index in [1.54, 1.807) is 19.1 Å². The number of ketones is 1. The molecule has 0 aromatic rings. The first-order chi connectivity index (χ1) is 4.22. The van der Waals surface area contributed by atoms with E-state index in [9.17, 15) is 4.79 Å². The van der Waals surface area contributed by atoms with Crippen molar-refractivity contribution in [2.24, 2.45) is 5.73 Å². The van der Waals surface area contributed by atoms with Crippen LogP contribution in [0.3, 0.4) is 0 Å². The van der Waals surface area contributed by atoms with Crippen LogP contribution in [0.1, 0.15) is 13.3 Å². The molecular weight excluding hydrogens is 114 g/mol. The zero-order chi connectivity index (χ0) is 6.85. The van der Waals surface area contributed by atoms with Crippen LogP contribution in [0.4, 0.5) is 0 Å². The van der Waals surface area contributed by atoms with E-state index in [0.717, 1.165) is 6.42 Å². The van der Waals surface area contributed by atoms with Crippen LogP contribution >= 0.6 is 0 Å². The van der Waals surface area contributed by atoms with E-state index in [1.807, 2.05) is 0 Å². The van der Waals surface area contributed by atoms with Crippen LogP contribution in [-0.4, -0.2) is 5.78 Å². The largest absolute Gasteiger partial charge is 0.401 e. The molecule has 0 aromatic carbocycles. The summed E-state index contributed by atoms with van der Waals surface area (Å²) in [7, 11) is 0. The standard InChI is InChI=1S/C7H9NO/c1-5-6(8)3-2-4-7(5)9/h2,4H,3,8H2,1H3. The smallest absolute Gasteiger partial charge is 0.182 e. The number of hydrogen-bond acceptors (Lipinski definition) is 2. The summed E-state index contributed by atoms with van der Waals surface area (Å²) in [4.78, 5) is 10.8. The van der Waals surface area contributed by atoms with Crippen molar-refractivity contribution >= 4 is 5.78 Å². The fourth-order valence-electron chi connectivity index (χ4n) is 0.729. The quantitative estimate of drug-likeness (QED) is 0.516. The molecule has 0 bridgehead atoms. The van der Waals surface area contributed by atoms with Crippen molar-refractivity contribution in [3.05, 3.63) is 23.4 Å². The molecule has 0 unspecified atom stereocenters. The molecule has 0 saturated carbocycles. The van der Waals surface area contributed by atoms with Gasteiger partial charge in [-0.1, -0.05) is 6.08 Å². The molecule has 1 rings (SSSR count). The number of rotatable bonds is 0. The van der Waals surface area contributed by atoms with E-state index in [0.29, 0.717) is 11.3 Å². The molecule has 1 aliphatic carbocycles. The molecule has 0 radical (unpaired) electrons. The Morgan fingerprint density at radius 3 is 2.78 bits per heavy atom. The Balaban J connectivity index is 2.92. The van der Waals surface area contributed by atoms with Crippen molar-refractivity contribution in [3.8, 4) is 0 Å². The van der Waals surface area contributed by atoms with Crippen LogP contribution in [0.2, 0.25) is 0 Å². The minimum absolute atomic E-state index is 0.0405. The normalized spacial score (nSPS) is 19.0. The lowest BCUT2D eigenvalue weighted by Crippen LogP contribution is -2.09. The molecule has 48 valence electrons. The van der Waals surface area contributed by atoms with E-state index in [4.69, 9.17) is 5.73 Å². The molecule has 0 aliphatic heterocycles. The van der Waals surface area contributed by atoms with Gasteiger partial charge in [0.1, 0.15) is 0 Å². The third-order valence-corrected chi connectivity index (χ3v) is 1.46. The fraction of sp³-hybridized carbons (Fsp3) is 0.286. The van der Waals surface area contributed by atoms with Crippen LogP contribution in [0.5, 0.6) is 0 Å². The minimum Gasteiger partial charge on any atom is -0.401 e. The van der Waals surface area contributed by atoms with Gasteiger partial charge in [-0.3, -0.25) is 4.79 Å². The number of carbonyl (C=O) groups is 1. The van der Waals surface area contributed by atoms with Crippen molar-refractivity contribution in [2.75, 3.05) is 0 Å². The maximum atomic E-state index is 10.8. The first-order valence-corrected chi connectivity index (χ1v) is 2.88. The fourth-order valence-corrected chi connectivity index (χ4v) is 0.729. The molecule has 1 aliphatic rings. The van der Waals surface area contributed by atoms with Gasteiger partial charge < -0.3 is 5.73 Å². The van der Waals surface area contributed by atoms with Crippen LogP contribution in [0, 0.1) is 0 Å². The average Bonchev–Trinajstić information content (AvgIpc) is 1.83. The van der Waals surface area contributed by atoms with E-state index in [2.05, 4.69) is 0 Å². The van der Waals surface area contributed by atoms with E-state index < -0.39 is 0 Å². The molecule has 0 atom stereocenters. The number of nitrogens with two attached hydrogens (primary N) is 1. The molecular formula is C7H9NO. The molecule has 2 nitrogen and oxygen atoms in total. The zero-order valence-electron chi connectivity index (χ0n) is 5.35. The third-order valence-electron chi connectivity index (χ3n) is 1.46. The Bertz CT molecular complexity index is 201. The lowest BCUT2D eigenvalue weighted by molar-refractivity contribution is -0.111. The first-order valence-electron chi connectivity index (χ1n) is 2.88. The Kier molecular flexibility index (Phi) is 1.39. The Morgan fingerprint density at radius 2 is 2.33 bits per heavy atom. The van der Waals surface area contributed by atoms with Crippen LogP contribution in [-0.2, 0) is 4.79 Å². The molecule has 0 aromatic heterocycles. The van der Waals surface area contributed by atoms with E-state index in [1.165, 1.54) is 0 Å². The van der Waals surface area contributed by atoms with Gasteiger partial charge in [0.05, 0.1) is 0 Å². The summed E-state index contributed by atoms with van der Waals surface area (Å²) >= 11 is 0. The Morgan fingerprint density at radius 1 is 1.67 bits per heavy atom. The van der Waals surface area contributed by atoms with Gasteiger partial charge in [-0.25, -0.2) is 0 Å². The molecule has 2 heteroatoms. The minimum atomic E-state index is 0.0405. The summed E-state index contributed by atoms with van der Waals surface area (Å²) in [6.07, 6.45) is 4.06. The van der Waals surface area contributed by atoms with Gasteiger partial charge in [0.25, 0.3) is 0 Å². The predicted molar refractivity (Wildman–Crippen MR) is 35.7 cm³/mol. The number of allylic oxidation sites excluding steroid dienone is 3. The van der Waals surface area contributed by atoms with Crippen LogP contribution in [0.25, 0.3) is 0 Å². The van der Waals surface area contributed by atoms with Gasteiger partial charge in [-0.05, 0) is 13.0 Å². The van der Waals surface area contributed by atoms with Crippen molar-refractivity contribution in [1.82, 2.24) is 0 Å².